The number of alkyl halides is 4. The second kappa shape index (κ2) is 21.5. The maximum atomic E-state index is 12.9. The van der Waals surface area contributed by atoms with Crippen LogP contribution in [0.4, 0.5) is 17.6 Å². The molecule has 0 aliphatic heterocycles. The summed E-state index contributed by atoms with van der Waals surface area (Å²) >= 11 is 1.79. The minimum absolute atomic E-state index is 0.116. The van der Waals surface area contributed by atoms with Crippen LogP contribution in [0.1, 0.15) is 43.3 Å². The lowest BCUT2D eigenvalue weighted by atomic mass is 10.2. The third kappa shape index (κ3) is 13.7. The van der Waals surface area contributed by atoms with Crippen molar-refractivity contribution in [2.75, 3.05) is 27.3 Å². The second-order valence-corrected chi connectivity index (χ2v) is 13.4. The summed E-state index contributed by atoms with van der Waals surface area (Å²) in [7, 11) is 9.55. The Morgan fingerprint density at radius 1 is 0.857 bits per heavy atom. The fourth-order valence-electron chi connectivity index (χ4n) is 3.38. The number of esters is 1. The van der Waals surface area contributed by atoms with Gasteiger partial charge in [-0.1, -0.05) is 0 Å². The third-order valence-electron chi connectivity index (χ3n) is 5.59. The molecule has 0 fully saturated rings. The Morgan fingerprint density at radius 2 is 1.22 bits per heavy atom. The fraction of sp³-hybridized carbons (Fsp3) is 0.308. The minimum atomic E-state index is -2.66. The normalized spacial score (nSPS) is 11.8. The quantitative estimate of drug-likeness (QED) is 0.0769. The summed E-state index contributed by atoms with van der Waals surface area (Å²) < 4.78 is 65.5. The predicted octanol–water partition coefficient (Wildman–Crippen LogP) is 3.49. The van der Waals surface area contributed by atoms with E-state index in [-0.39, 0.29) is 43.4 Å². The average Bonchev–Trinajstić information content (AvgIpc) is 3.71. The molecule has 0 saturated carbocycles. The van der Waals surface area contributed by atoms with Crippen molar-refractivity contribution in [1.29, 1.82) is 0 Å². The summed E-state index contributed by atoms with van der Waals surface area (Å²) in [6, 6.07) is 3.01. The van der Waals surface area contributed by atoms with Crippen molar-refractivity contribution in [2.45, 2.75) is 24.9 Å². The molecule has 0 aliphatic rings. The molecule has 4 aromatic heterocycles. The summed E-state index contributed by atoms with van der Waals surface area (Å²) in [6.45, 7) is -0.369. The van der Waals surface area contributed by atoms with Crippen molar-refractivity contribution in [2.24, 2.45) is 11.5 Å². The van der Waals surface area contributed by atoms with E-state index in [4.69, 9.17) is 25.9 Å². The van der Waals surface area contributed by atoms with Crippen LogP contribution in [-0.2, 0) is 23.6 Å². The van der Waals surface area contributed by atoms with Gasteiger partial charge in [-0.3, -0.25) is 29.1 Å². The number of rotatable bonds is 10. The molecule has 14 nitrogen and oxygen atoms in total. The number of nitrogens with one attached hydrogen (secondary N) is 2. The van der Waals surface area contributed by atoms with Gasteiger partial charge < -0.3 is 37.1 Å². The smallest absolute Gasteiger partial charge is 0.324 e. The van der Waals surface area contributed by atoms with Gasteiger partial charge in [-0.25, -0.2) is 21.8 Å². The van der Waals surface area contributed by atoms with Crippen LogP contribution < -0.4 is 22.1 Å². The number of carboxylic acids is 1. The number of carbonyl (C=O) groups is 4. The summed E-state index contributed by atoms with van der Waals surface area (Å²) in [5.74, 6) is -2.98. The zero-order valence-corrected chi connectivity index (χ0v) is 29.0. The van der Waals surface area contributed by atoms with Crippen LogP contribution in [0.15, 0.2) is 36.7 Å². The molecule has 8 N–H and O–H groups in total. The number of carboxylic acid groups (broad SMARTS) is 1. The molecule has 0 bridgehead atoms. The summed E-state index contributed by atoms with van der Waals surface area (Å²) in [5.41, 5.74) is 11.0. The van der Waals surface area contributed by atoms with Gasteiger partial charge in [-0.05, 0) is 24.3 Å². The summed E-state index contributed by atoms with van der Waals surface area (Å²) in [4.78, 5) is 53.8. The molecule has 2 atom stereocenters. The highest BCUT2D eigenvalue weighted by Gasteiger charge is 2.21. The van der Waals surface area contributed by atoms with E-state index >= 15 is 0 Å². The molecule has 0 unspecified atom stereocenters. The molecule has 0 aliphatic carbocycles. The van der Waals surface area contributed by atoms with Crippen molar-refractivity contribution in [3.05, 3.63) is 57.5 Å². The molecule has 270 valence electrons. The number of methoxy groups -OCH3 is 1. The molecule has 4 aromatic rings. The number of ether oxygens (including phenoxy) is 1. The standard InChI is InChI=1S/C13H13F2N3O3S.C12H11F2N3O3S.CH4O.Cl2OS/c1-21-13(20)7(16)5-18-12(19)9-4-8-10(22-9)6(11(14)15)2-3-17-8;13-10(14)5-1-2-16-7-3-8(21-9(5)7)11(18)17-4-6(15)12(19)20;1-2;1-4(2)3/h2-4,7,11H,5,16H2,1H3,(H,18,19);1-3,6,10H,4,15H2,(H,17,18)(H,19,20);2H,1H3;/t7-;6-;;/m11../s1. The van der Waals surface area contributed by atoms with E-state index in [0.29, 0.717) is 11.0 Å². The zero-order chi connectivity index (χ0) is 37.4. The van der Waals surface area contributed by atoms with E-state index < -0.39 is 57.9 Å². The number of fused-ring (bicyclic) bond motifs is 2. The molecule has 4 heterocycles. The largest absolute Gasteiger partial charge is 0.480 e. The van der Waals surface area contributed by atoms with Gasteiger partial charge in [-0.2, -0.15) is 0 Å². The number of hydrogen-bond acceptors (Lipinski definition) is 13. The number of thiophene rings is 2. The highest BCUT2D eigenvalue weighted by molar-refractivity contribution is 8.26. The molecule has 23 heteroatoms. The Bertz CT molecular complexity index is 1750. The first kappa shape index (κ1) is 43.5. The van der Waals surface area contributed by atoms with E-state index in [1.807, 2.05) is 0 Å². The first-order valence-electron chi connectivity index (χ1n) is 13.0. The van der Waals surface area contributed by atoms with E-state index in [9.17, 15) is 36.7 Å². The van der Waals surface area contributed by atoms with Crippen LogP contribution in [0.25, 0.3) is 20.4 Å². The predicted molar refractivity (Wildman–Crippen MR) is 177 cm³/mol. The van der Waals surface area contributed by atoms with Crippen molar-refractivity contribution in [3.8, 4) is 0 Å². The maximum Gasteiger partial charge on any atom is 0.324 e. The lowest BCUT2D eigenvalue weighted by Gasteiger charge is -2.09. The molecule has 0 spiro atoms. The first-order valence-corrected chi connectivity index (χ1v) is 17.4. The topological polar surface area (TPSA) is 237 Å². The van der Waals surface area contributed by atoms with Crippen LogP contribution >= 0.6 is 44.0 Å². The van der Waals surface area contributed by atoms with Crippen LogP contribution in [-0.4, -0.2) is 87.5 Å². The fourth-order valence-corrected chi connectivity index (χ4v) is 5.48. The van der Waals surface area contributed by atoms with Crippen molar-refractivity contribution < 1.29 is 55.9 Å². The Balaban J connectivity index is 0.000000423. The lowest BCUT2D eigenvalue weighted by molar-refractivity contribution is -0.142. The van der Waals surface area contributed by atoms with Gasteiger partial charge in [0.2, 0.25) is 9.23 Å². The van der Waals surface area contributed by atoms with E-state index in [2.05, 4.69) is 46.7 Å². The van der Waals surface area contributed by atoms with Gasteiger partial charge in [0.25, 0.3) is 24.7 Å². The van der Waals surface area contributed by atoms with Crippen LogP contribution in [0.5, 0.6) is 0 Å². The highest BCUT2D eigenvalue weighted by Crippen LogP contribution is 2.33. The van der Waals surface area contributed by atoms with Gasteiger partial charge in [-0.15, -0.1) is 22.7 Å². The van der Waals surface area contributed by atoms with Crippen molar-refractivity contribution in [3.63, 3.8) is 0 Å². The SMILES string of the molecule is CO.COC(=O)[C@H](N)CNC(=O)c1cc2nccc(C(F)F)c2s1.N[C@H](CNC(=O)c1cc2nccc(C(F)F)c2s1)C(=O)O.O=S(Cl)Cl. The summed E-state index contributed by atoms with van der Waals surface area (Å²) in [5, 5.41) is 20.4. The molecule has 0 aromatic carbocycles. The van der Waals surface area contributed by atoms with E-state index in [1.165, 1.54) is 43.8 Å². The molecule has 2 amide bonds. The average molecular weight is 796 g/mol. The number of halogens is 6. The number of amides is 2. The lowest BCUT2D eigenvalue weighted by Crippen LogP contribution is -2.42. The summed E-state index contributed by atoms with van der Waals surface area (Å²) in [6.07, 6.45) is -2.79. The third-order valence-corrected chi connectivity index (χ3v) is 7.93. The van der Waals surface area contributed by atoms with Gasteiger partial charge in [0.1, 0.15) is 12.1 Å². The van der Waals surface area contributed by atoms with E-state index in [1.54, 1.807) is 0 Å². The first-order chi connectivity index (χ1) is 23.1. The van der Waals surface area contributed by atoms with Crippen LogP contribution in [0.2, 0.25) is 0 Å². The minimum Gasteiger partial charge on any atom is -0.480 e. The Labute approximate surface area is 294 Å². The number of aliphatic hydroxyl groups excluding tert-OH is 1. The monoisotopic (exact) mass is 794 g/mol. The number of nitrogens with zero attached hydrogens (tertiary/aromatic N) is 2. The molecule has 0 radical (unpaired) electrons. The molecular weight excluding hydrogens is 767 g/mol. The van der Waals surface area contributed by atoms with Gasteiger partial charge in [0.15, 0.2) is 0 Å². The van der Waals surface area contributed by atoms with Crippen molar-refractivity contribution >= 4 is 97.5 Å². The van der Waals surface area contributed by atoms with Crippen LogP contribution in [0, 0.1) is 0 Å². The number of aliphatic carboxylic acids is 1. The number of aliphatic hydroxyl groups is 1. The van der Waals surface area contributed by atoms with Gasteiger partial charge in [0.05, 0.1) is 37.3 Å². The number of hydrogen-bond donors (Lipinski definition) is 6. The zero-order valence-electron chi connectivity index (χ0n) is 25.1. The van der Waals surface area contributed by atoms with Gasteiger partial charge >= 0.3 is 11.9 Å². The maximum absolute atomic E-state index is 12.9. The Hall–Kier alpha value is -3.57. The van der Waals surface area contributed by atoms with E-state index in [0.717, 1.165) is 29.8 Å². The molecule has 0 saturated heterocycles. The van der Waals surface area contributed by atoms with Crippen molar-refractivity contribution in [1.82, 2.24) is 20.6 Å². The molecule has 49 heavy (non-hydrogen) atoms. The van der Waals surface area contributed by atoms with Crippen LogP contribution in [0.3, 0.4) is 0 Å². The number of pyridine rings is 2. The molecular formula is C26H28Cl2F4N6O8S3. The number of carbonyl (C=O) groups excluding carboxylic acids is 3. The second-order valence-electron chi connectivity index (χ2n) is 8.73. The number of nitrogens with two attached hydrogens (primary N) is 2. The Kier molecular flexibility index (Phi) is 19.1. The highest BCUT2D eigenvalue weighted by atomic mass is 36.0. The van der Waals surface area contributed by atoms with Gasteiger partial charge in [0, 0.05) is 65.1 Å². The Morgan fingerprint density at radius 3 is 1.55 bits per heavy atom. The number of aromatic nitrogens is 2. The molecule has 4 rings (SSSR count).